The highest BCUT2D eigenvalue weighted by Gasteiger charge is 2.08. The molecule has 0 saturated carbocycles. The Kier molecular flexibility index (Phi) is 2.95. The number of amidine groups is 2. The molecule has 0 aliphatic heterocycles. The van der Waals surface area contributed by atoms with Crippen LogP contribution in [0.5, 0.6) is 0 Å². The quantitative estimate of drug-likeness (QED) is 0.437. The van der Waals surface area contributed by atoms with Crippen LogP contribution in [0.15, 0.2) is 52.9 Å². The first-order valence-electron chi connectivity index (χ1n) is 6.37. The zero-order valence-corrected chi connectivity index (χ0v) is 11.2. The normalized spacial score (nSPS) is 10.7. The van der Waals surface area contributed by atoms with E-state index in [9.17, 15) is 0 Å². The maximum absolute atomic E-state index is 7.46. The Hall–Kier alpha value is -3.08. The predicted molar refractivity (Wildman–Crippen MR) is 85.9 cm³/mol. The first-order valence-corrected chi connectivity index (χ1v) is 6.37. The largest absolute Gasteiger partial charge is 1.00 e. The van der Waals surface area contributed by atoms with Crippen molar-refractivity contribution in [3.63, 3.8) is 0 Å². The number of hydrogen-bond donors (Lipinski definition) is 4. The van der Waals surface area contributed by atoms with Gasteiger partial charge in [-0.3, -0.25) is 10.8 Å². The zero-order chi connectivity index (χ0) is 15.0. The summed E-state index contributed by atoms with van der Waals surface area (Å²) in [6, 6.07) is 14.6. The minimum absolute atomic E-state index is 0. The summed E-state index contributed by atoms with van der Waals surface area (Å²) in [4.78, 5) is 0. The van der Waals surface area contributed by atoms with Gasteiger partial charge < -0.3 is 15.9 Å². The van der Waals surface area contributed by atoms with Crippen molar-refractivity contribution in [3.05, 3.63) is 59.7 Å². The zero-order valence-electron chi connectivity index (χ0n) is 13.2. The van der Waals surface area contributed by atoms with Gasteiger partial charge in [0.15, 0.2) is 0 Å². The van der Waals surface area contributed by atoms with Gasteiger partial charge in [-0.05, 0) is 24.3 Å². The Bertz CT molecular complexity index is 856. The van der Waals surface area contributed by atoms with Crippen LogP contribution in [0.3, 0.4) is 0 Å². The molecule has 0 saturated heterocycles. The Labute approximate surface area is 124 Å². The van der Waals surface area contributed by atoms with E-state index in [0.717, 1.165) is 22.3 Å². The van der Waals surface area contributed by atoms with Gasteiger partial charge in [-0.15, -0.1) is 0 Å². The van der Waals surface area contributed by atoms with E-state index < -0.39 is 0 Å². The fourth-order valence-electron chi connectivity index (χ4n) is 2.17. The number of benzene rings is 2. The lowest BCUT2D eigenvalue weighted by molar-refractivity contribution is 0.631. The molecule has 0 atom stereocenters. The van der Waals surface area contributed by atoms with E-state index in [4.69, 9.17) is 26.7 Å². The summed E-state index contributed by atoms with van der Waals surface area (Å²) in [5.41, 5.74) is 13.9. The van der Waals surface area contributed by atoms with Gasteiger partial charge in [0, 0.05) is 22.1 Å². The van der Waals surface area contributed by atoms with Crippen LogP contribution in [0.2, 0.25) is 0 Å². The maximum atomic E-state index is 7.46. The Balaban J connectivity index is 0.00000132. The molecule has 0 spiro atoms. The van der Waals surface area contributed by atoms with Crippen LogP contribution in [-0.4, -0.2) is 11.7 Å². The lowest BCUT2D eigenvalue weighted by Crippen LogP contribution is -2.10. The second-order valence-corrected chi connectivity index (χ2v) is 4.77. The topological polar surface area (TPSA) is 113 Å². The van der Waals surface area contributed by atoms with Crippen molar-refractivity contribution in [2.24, 2.45) is 11.5 Å². The van der Waals surface area contributed by atoms with Crippen LogP contribution in [0.1, 0.15) is 14.0 Å². The predicted octanol–water partition coefficient (Wildman–Crippen LogP) is 2.89. The SMILES string of the molecule is N=C(N)c1ccc(-c2cc3cc(C(=N)N)ccc3o2)cc1.[H+].[H+]. The molecule has 5 nitrogen and oxygen atoms in total. The summed E-state index contributed by atoms with van der Waals surface area (Å²) >= 11 is 0. The van der Waals surface area contributed by atoms with Crippen LogP contribution in [0.4, 0.5) is 0 Å². The van der Waals surface area contributed by atoms with Gasteiger partial charge in [-0.1, -0.05) is 24.3 Å². The molecule has 0 fully saturated rings. The standard InChI is InChI=1S/C16H14N4O/c17-15(18)10-3-1-9(2-4-10)14-8-12-7-11(16(19)20)5-6-13(12)21-14/h1-8H,(H3,17,18)(H3,19,20)/p+2. The molecule has 3 rings (SSSR count). The number of rotatable bonds is 3. The highest BCUT2D eigenvalue weighted by molar-refractivity contribution is 5.99. The van der Waals surface area contributed by atoms with Crippen LogP contribution in [-0.2, 0) is 0 Å². The summed E-state index contributed by atoms with van der Waals surface area (Å²) in [6.45, 7) is 0. The molecular formula is C16H16N4O+2. The third-order valence-electron chi connectivity index (χ3n) is 3.31. The fourth-order valence-corrected chi connectivity index (χ4v) is 2.17. The van der Waals surface area contributed by atoms with E-state index in [0.29, 0.717) is 11.1 Å². The molecule has 0 aliphatic carbocycles. The van der Waals surface area contributed by atoms with Gasteiger partial charge in [0.1, 0.15) is 23.0 Å². The van der Waals surface area contributed by atoms with Crippen molar-refractivity contribution in [1.82, 2.24) is 0 Å². The Morgan fingerprint density at radius 3 is 2.10 bits per heavy atom. The second-order valence-electron chi connectivity index (χ2n) is 4.77. The molecule has 21 heavy (non-hydrogen) atoms. The van der Waals surface area contributed by atoms with E-state index >= 15 is 0 Å². The first kappa shape index (κ1) is 12.9. The average Bonchev–Trinajstić information content (AvgIpc) is 2.90. The summed E-state index contributed by atoms with van der Waals surface area (Å²) in [5.74, 6) is 0.795. The van der Waals surface area contributed by atoms with E-state index in [1.54, 1.807) is 24.3 Å². The first-order chi connectivity index (χ1) is 10.0. The van der Waals surface area contributed by atoms with Crippen molar-refractivity contribution in [2.75, 3.05) is 0 Å². The summed E-state index contributed by atoms with van der Waals surface area (Å²) in [6.07, 6.45) is 0. The summed E-state index contributed by atoms with van der Waals surface area (Å²) in [5, 5.41) is 15.7. The highest BCUT2D eigenvalue weighted by atomic mass is 16.3. The van der Waals surface area contributed by atoms with Gasteiger partial charge in [-0.2, -0.15) is 0 Å². The summed E-state index contributed by atoms with van der Waals surface area (Å²) in [7, 11) is 0. The molecule has 3 aromatic rings. The van der Waals surface area contributed by atoms with Crippen LogP contribution in [0, 0.1) is 10.8 Å². The van der Waals surface area contributed by atoms with E-state index in [-0.39, 0.29) is 14.5 Å². The lowest BCUT2D eigenvalue weighted by atomic mass is 10.1. The van der Waals surface area contributed by atoms with Crippen LogP contribution in [0.25, 0.3) is 22.3 Å². The molecule has 0 aliphatic rings. The summed E-state index contributed by atoms with van der Waals surface area (Å²) < 4.78 is 5.79. The number of hydrogen-bond acceptors (Lipinski definition) is 3. The Morgan fingerprint density at radius 1 is 0.857 bits per heavy atom. The molecule has 6 N–H and O–H groups in total. The molecule has 0 radical (unpaired) electrons. The number of nitrogen functional groups attached to an aromatic ring is 2. The van der Waals surface area contributed by atoms with E-state index in [1.807, 2.05) is 24.3 Å². The minimum Gasteiger partial charge on any atom is -0.456 e. The van der Waals surface area contributed by atoms with Crippen molar-refractivity contribution in [2.45, 2.75) is 0 Å². The van der Waals surface area contributed by atoms with E-state index in [2.05, 4.69) is 0 Å². The maximum Gasteiger partial charge on any atom is 1.00 e. The van der Waals surface area contributed by atoms with Crippen LogP contribution >= 0.6 is 0 Å². The lowest BCUT2D eigenvalue weighted by Gasteiger charge is -1.99. The molecule has 0 bridgehead atoms. The molecular weight excluding hydrogens is 264 g/mol. The Morgan fingerprint density at radius 2 is 1.48 bits per heavy atom. The molecule has 0 amide bonds. The second kappa shape index (κ2) is 4.79. The van der Waals surface area contributed by atoms with Crippen molar-refractivity contribution >= 4 is 22.6 Å². The van der Waals surface area contributed by atoms with Gasteiger partial charge >= 0.3 is 2.85 Å². The van der Waals surface area contributed by atoms with Gasteiger partial charge in [0.2, 0.25) is 0 Å². The van der Waals surface area contributed by atoms with Crippen molar-refractivity contribution in [3.8, 4) is 11.3 Å². The van der Waals surface area contributed by atoms with Gasteiger partial charge in [0.25, 0.3) is 0 Å². The van der Waals surface area contributed by atoms with Gasteiger partial charge in [0.05, 0.1) is 0 Å². The van der Waals surface area contributed by atoms with Crippen molar-refractivity contribution in [1.29, 1.82) is 10.8 Å². The number of fused-ring (bicyclic) bond motifs is 1. The number of nitrogens with one attached hydrogen (secondary N) is 2. The third-order valence-corrected chi connectivity index (χ3v) is 3.31. The smallest absolute Gasteiger partial charge is 0.456 e. The average molecular weight is 280 g/mol. The fraction of sp³-hybridized carbons (Fsp3) is 0. The van der Waals surface area contributed by atoms with Gasteiger partial charge in [-0.25, -0.2) is 0 Å². The minimum atomic E-state index is 0. The number of nitrogens with two attached hydrogens (primary N) is 2. The molecule has 0 unspecified atom stereocenters. The third kappa shape index (κ3) is 2.36. The van der Waals surface area contributed by atoms with Crippen molar-refractivity contribution < 1.29 is 7.27 Å². The molecule has 1 aromatic heterocycles. The molecule has 1 heterocycles. The van der Waals surface area contributed by atoms with Crippen LogP contribution < -0.4 is 11.5 Å². The number of furan rings is 1. The van der Waals surface area contributed by atoms with E-state index in [1.165, 1.54) is 0 Å². The molecule has 104 valence electrons. The highest BCUT2D eigenvalue weighted by Crippen LogP contribution is 2.28. The molecule has 5 heteroatoms. The molecule has 2 aromatic carbocycles. The monoisotopic (exact) mass is 280 g/mol.